The van der Waals surface area contributed by atoms with Gasteiger partial charge in [0, 0.05) is 74.0 Å². The number of carbonyl (C=O) groups is 3. The minimum Gasteiger partial charge on any atom is -0.475 e. The number of piperazine rings is 1. The summed E-state index contributed by atoms with van der Waals surface area (Å²) < 4.78 is 98.9. The van der Waals surface area contributed by atoms with Crippen LogP contribution in [0.1, 0.15) is 0 Å². The maximum Gasteiger partial charge on any atom is 0.490 e. The molecule has 52 heavy (non-hydrogen) atoms. The van der Waals surface area contributed by atoms with Gasteiger partial charge >= 0.3 is 36.4 Å². The Labute approximate surface area is 285 Å². The molecule has 0 radical (unpaired) electrons. The van der Waals surface area contributed by atoms with Gasteiger partial charge in [-0.3, -0.25) is 4.68 Å². The highest BCUT2D eigenvalue weighted by atomic mass is 19.4. The Kier molecular flexibility index (Phi) is 12.8. The molecule has 3 aromatic heterocycles. The van der Waals surface area contributed by atoms with E-state index < -0.39 is 36.4 Å². The molecule has 1 aliphatic rings. The van der Waals surface area contributed by atoms with Gasteiger partial charge < -0.3 is 25.5 Å². The third-order valence-corrected chi connectivity index (χ3v) is 6.72. The van der Waals surface area contributed by atoms with Crippen LogP contribution in [0, 0.1) is 0 Å². The second kappa shape index (κ2) is 16.4. The first-order chi connectivity index (χ1) is 24.1. The number of hydrogen-bond acceptors (Lipinski definition) is 8. The third-order valence-electron chi connectivity index (χ3n) is 6.72. The summed E-state index contributed by atoms with van der Waals surface area (Å²) in [5.74, 6) is -8.27. The van der Waals surface area contributed by atoms with E-state index in [1.165, 1.54) is 5.69 Å². The molecule has 1 fully saturated rings. The number of benzene rings is 2. The number of fused-ring (bicyclic) bond motifs is 2. The van der Waals surface area contributed by atoms with E-state index in [1.54, 1.807) is 0 Å². The van der Waals surface area contributed by atoms with Crippen molar-refractivity contribution in [3.05, 3.63) is 67.3 Å². The maximum absolute atomic E-state index is 10.6. The van der Waals surface area contributed by atoms with Crippen LogP contribution in [0.3, 0.4) is 0 Å². The number of alkyl halides is 9. The van der Waals surface area contributed by atoms with Gasteiger partial charge in [0.05, 0.1) is 11.7 Å². The lowest BCUT2D eigenvalue weighted by Gasteiger charge is -2.29. The Bertz CT molecular complexity index is 1940. The van der Waals surface area contributed by atoms with E-state index in [4.69, 9.17) is 34.7 Å². The monoisotopic (exact) mass is 751 g/mol. The van der Waals surface area contributed by atoms with Crippen LogP contribution in [0.5, 0.6) is 0 Å². The van der Waals surface area contributed by atoms with E-state index in [0.717, 1.165) is 65.0 Å². The number of rotatable bonds is 3. The minimum atomic E-state index is -5.08. The summed E-state index contributed by atoms with van der Waals surface area (Å²) in [4.78, 5) is 33.9. The molecule has 4 N–H and O–H groups in total. The Morgan fingerprint density at radius 2 is 1.23 bits per heavy atom. The first kappa shape index (κ1) is 40.5. The third kappa shape index (κ3) is 11.0. The number of aromatic nitrogens is 5. The van der Waals surface area contributed by atoms with E-state index in [9.17, 15) is 39.5 Å². The quantitative estimate of drug-likeness (QED) is 0.177. The zero-order valence-electron chi connectivity index (χ0n) is 26.3. The Hall–Kier alpha value is -5.93. The summed E-state index contributed by atoms with van der Waals surface area (Å²) in [6.07, 6.45) is -7.33. The average Bonchev–Trinajstić information content (AvgIpc) is 3.67. The van der Waals surface area contributed by atoms with E-state index >= 15 is 0 Å². The maximum atomic E-state index is 10.6. The first-order valence-electron chi connectivity index (χ1n) is 14.3. The number of anilines is 1. The number of halogens is 9. The highest BCUT2D eigenvalue weighted by Crippen LogP contribution is 2.31. The zero-order valence-corrected chi connectivity index (χ0v) is 26.3. The van der Waals surface area contributed by atoms with E-state index in [0.29, 0.717) is 0 Å². The van der Waals surface area contributed by atoms with Gasteiger partial charge in [0.15, 0.2) is 5.65 Å². The molecule has 6 rings (SSSR count). The lowest BCUT2D eigenvalue weighted by molar-refractivity contribution is -0.193. The fourth-order valence-corrected chi connectivity index (χ4v) is 4.40. The number of nitrogens with one attached hydrogen (secondary N) is 1. The topological polar surface area (TPSA) is 175 Å². The van der Waals surface area contributed by atoms with Gasteiger partial charge in [-0.15, -0.1) is 0 Å². The predicted octanol–water partition coefficient (Wildman–Crippen LogP) is 5.26. The Morgan fingerprint density at radius 1 is 0.712 bits per heavy atom. The van der Waals surface area contributed by atoms with Crippen LogP contribution in [0.15, 0.2) is 67.3 Å². The number of hydrogen-bond donors (Lipinski definition) is 4. The number of carboxylic acids is 3. The molecule has 0 spiro atoms. The van der Waals surface area contributed by atoms with Crippen molar-refractivity contribution < 1.29 is 69.2 Å². The molecule has 1 aliphatic heterocycles. The van der Waals surface area contributed by atoms with Gasteiger partial charge in [-0.05, 0) is 29.3 Å². The van der Waals surface area contributed by atoms with Crippen molar-refractivity contribution in [1.29, 1.82) is 0 Å². The molecule has 0 saturated carbocycles. The van der Waals surface area contributed by atoms with Crippen molar-refractivity contribution in [3.63, 3.8) is 0 Å². The molecule has 0 bridgehead atoms. The van der Waals surface area contributed by atoms with Crippen LogP contribution in [0.4, 0.5) is 45.2 Å². The number of carboxylic acid groups (broad SMARTS) is 3. The average molecular weight is 752 g/mol. The molecule has 0 aliphatic carbocycles. The summed E-state index contributed by atoms with van der Waals surface area (Å²) in [7, 11) is 1.94. The summed E-state index contributed by atoms with van der Waals surface area (Å²) in [5, 5.41) is 35.0. The fourth-order valence-electron chi connectivity index (χ4n) is 4.40. The molecule has 2 aromatic carbocycles. The largest absolute Gasteiger partial charge is 0.490 e. The normalized spacial score (nSPS) is 13.2. The van der Waals surface area contributed by atoms with Gasteiger partial charge in [-0.1, -0.05) is 24.3 Å². The van der Waals surface area contributed by atoms with Crippen molar-refractivity contribution in [1.82, 2.24) is 29.7 Å². The van der Waals surface area contributed by atoms with Crippen molar-refractivity contribution in [2.75, 3.05) is 31.1 Å². The standard InChI is InChI=1S/C24H23N7.3C2HF3O2/c1-29-16-22-20(3-2-4-23(22)28-29)21-14-27-31-15-18(13-26-24(21)31)17-5-7-19(8-6-17)30-11-9-25-10-12-30;3*3-2(4,5)1(6)7/h2-8,13-16,25H,9-12H2,1H3;3*(H,6,7). The highest BCUT2D eigenvalue weighted by Gasteiger charge is 2.39. The predicted molar refractivity (Wildman–Crippen MR) is 164 cm³/mol. The van der Waals surface area contributed by atoms with Crippen molar-refractivity contribution >= 4 is 40.1 Å². The van der Waals surface area contributed by atoms with Crippen molar-refractivity contribution in [3.8, 4) is 22.3 Å². The van der Waals surface area contributed by atoms with Crippen LogP contribution in [0.2, 0.25) is 0 Å². The molecule has 0 unspecified atom stereocenters. The van der Waals surface area contributed by atoms with Gasteiger partial charge in [0.2, 0.25) is 0 Å². The second-order valence-electron chi connectivity index (χ2n) is 10.4. The van der Waals surface area contributed by atoms with Crippen LogP contribution >= 0.6 is 0 Å². The van der Waals surface area contributed by atoms with Gasteiger partial charge in [0.1, 0.15) is 0 Å². The number of aryl methyl sites for hydroxylation is 1. The van der Waals surface area contributed by atoms with Gasteiger partial charge in [-0.2, -0.15) is 49.7 Å². The molecule has 5 aromatic rings. The fraction of sp³-hybridized carbons (Fsp3) is 0.267. The first-order valence-corrected chi connectivity index (χ1v) is 14.3. The molecule has 22 heteroatoms. The second-order valence-corrected chi connectivity index (χ2v) is 10.4. The van der Waals surface area contributed by atoms with Crippen LogP contribution in [0.25, 0.3) is 38.8 Å². The zero-order chi connectivity index (χ0) is 39.0. The van der Waals surface area contributed by atoms with E-state index in [1.807, 2.05) is 47.0 Å². The van der Waals surface area contributed by atoms with Crippen molar-refractivity contribution in [2.24, 2.45) is 7.05 Å². The molecule has 13 nitrogen and oxygen atoms in total. The summed E-state index contributed by atoms with van der Waals surface area (Å²) in [5.41, 5.74) is 7.39. The smallest absolute Gasteiger partial charge is 0.475 e. The molecular formula is C30H26F9N7O6. The molecule has 1 saturated heterocycles. The van der Waals surface area contributed by atoms with Crippen LogP contribution < -0.4 is 10.2 Å². The molecular weight excluding hydrogens is 725 g/mol. The van der Waals surface area contributed by atoms with Crippen LogP contribution in [-0.4, -0.2) is 102 Å². The van der Waals surface area contributed by atoms with E-state index in [2.05, 4.69) is 56.9 Å². The lowest BCUT2D eigenvalue weighted by Crippen LogP contribution is -2.43. The summed E-state index contributed by atoms with van der Waals surface area (Å²) >= 11 is 0. The molecule has 0 amide bonds. The Balaban J connectivity index is 0.000000285. The van der Waals surface area contributed by atoms with Crippen LogP contribution in [-0.2, 0) is 21.4 Å². The lowest BCUT2D eigenvalue weighted by atomic mass is 10.0. The number of aliphatic carboxylic acids is 3. The van der Waals surface area contributed by atoms with Crippen molar-refractivity contribution in [2.45, 2.75) is 18.5 Å². The van der Waals surface area contributed by atoms with Gasteiger partial charge in [0.25, 0.3) is 0 Å². The summed E-state index contributed by atoms with van der Waals surface area (Å²) in [6, 6.07) is 14.9. The Morgan fingerprint density at radius 3 is 1.73 bits per heavy atom. The SMILES string of the molecule is Cn1cc2c(-c3cnn4cc(-c5ccc(N6CCNCC6)cc5)cnc34)cccc2n1.O=C(O)C(F)(F)F.O=C(O)C(F)(F)F.O=C(O)C(F)(F)F. The number of nitrogens with zero attached hydrogens (tertiary/aromatic N) is 6. The van der Waals surface area contributed by atoms with Gasteiger partial charge in [-0.25, -0.2) is 23.9 Å². The summed E-state index contributed by atoms with van der Waals surface area (Å²) in [6.45, 7) is 4.17. The highest BCUT2D eigenvalue weighted by molar-refractivity contribution is 5.97. The molecule has 0 atom stereocenters. The minimum absolute atomic E-state index is 0.845. The van der Waals surface area contributed by atoms with E-state index in [-0.39, 0.29) is 0 Å². The molecule has 280 valence electrons. The molecule has 4 heterocycles.